The molecule has 1 aromatic rings. The molecule has 1 amide bonds. The minimum atomic E-state index is -0.0218. The number of ether oxygens (including phenoxy) is 1. The van der Waals surface area contributed by atoms with E-state index < -0.39 is 0 Å². The summed E-state index contributed by atoms with van der Waals surface area (Å²) in [5.74, 6) is -0.0218. The molecule has 1 fully saturated rings. The van der Waals surface area contributed by atoms with Crippen LogP contribution in [0, 0.1) is 0 Å². The van der Waals surface area contributed by atoms with E-state index in [0.717, 1.165) is 23.7 Å². The maximum atomic E-state index is 12.0. The maximum Gasteiger partial charge on any atom is 0.251 e. The van der Waals surface area contributed by atoms with Crippen LogP contribution in [0.1, 0.15) is 29.6 Å². The maximum absolute atomic E-state index is 12.0. The Balaban J connectivity index is 1.99. The molecule has 0 heterocycles. The molecule has 0 bridgehead atoms. The van der Waals surface area contributed by atoms with Crippen LogP contribution in [0.5, 0.6) is 0 Å². The van der Waals surface area contributed by atoms with Gasteiger partial charge in [-0.3, -0.25) is 4.79 Å². The minimum absolute atomic E-state index is 0.0218. The first kappa shape index (κ1) is 12.6. The van der Waals surface area contributed by atoms with E-state index in [4.69, 9.17) is 4.74 Å². The molecule has 92 valence electrons. The molecule has 1 aromatic carbocycles. The Morgan fingerprint density at radius 2 is 2.06 bits per heavy atom. The Kier molecular flexibility index (Phi) is 4.18. The number of benzene rings is 1. The summed E-state index contributed by atoms with van der Waals surface area (Å²) in [4.78, 5) is 12.0. The van der Waals surface area contributed by atoms with Gasteiger partial charge in [-0.2, -0.15) is 0 Å². The second-order valence-corrected chi connectivity index (χ2v) is 5.21. The van der Waals surface area contributed by atoms with Gasteiger partial charge in [-0.1, -0.05) is 15.9 Å². The highest BCUT2D eigenvalue weighted by molar-refractivity contribution is 9.10. The van der Waals surface area contributed by atoms with E-state index in [1.165, 1.54) is 0 Å². The van der Waals surface area contributed by atoms with E-state index in [0.29, 0.717) is 5.56 Å². The molecular formula is C13H16BrNO2. The summed E-state index contributed by atoms with van der Waals surface area (Å²) in [5, 5.41) is 3.04. The van der Waals surface area contributed by atoms with Crippen LogP contribution in [0.15, 0.2) is 28.7 Å². The Morgan fingerprint density at radius 1 is 1.35 bits per heavy atom. The summed E-state index contributed by atoms with van der Waals surface area (Å²) in [5.41, 5.74) is 0.690. The van der Waals surface area contributed by atoms with Crippen LogP contribution >= 0.6 is 15.9 Å². The van der Waals surface area contributed by atoms with Gasteiger partial charge >= 0.3 is 0 Å². The SMILES string of the molecule is COC1CCCC1NC(=O)c1ccc(Br)cc1. The first-order valence-corrected chi connectivity index (χ1v) is 6.59. The molecule has 2 atom stereocenters. The Labute approximate surface area is 110 Å². The van der Waals surface area contributed by atoms with Gasteiger partial charge in [0, 0.05) is 17.1 Å². The van der Waals surface area contributed by atoms with Crippen LogP contribution in [0.3, 0.4) is 0 Å². The van der Waals surface area contributed by atoms with Crippen LogP contribution in [-0.4, -0.2) is 25.2 Å². The lowest BCUT2D eigenvalue weighted by Gasteiger charge is -2.19. The van der Waals surface area contributed by atoms with E-state index in [2.05, 4.69) is 21.2 Å². The number of rotatable bonds is 3. The Morgan fingerprint density at radius 3 is 2.71 bits per heavy atom. The first-order valence-electron chi connectivity index (χ1n) is 5.80. The summed E-state index contributed by atoms with van der Waals surface area (Å²) in [6.07, 6.45) is 3.31. The standard InChI is InChI=1S/C13H16BrNO2/c1-17-12-4-2-3-11(12)15-13(16)9-5-7-10(14)8-6-9/h5-8,11-12H,2-4H2,1H3,(H,15,16). The van der Waals surface area contributed by atoms with Crippen molar-refractivity contribution in [2.24, 2.45) is 0 Å². The van der Waals surface area contributed by atoms with Gasteiger partial charge in [-0.15, -0.1) is 0 Å². The van der Waals surface area contributed by atoms with Gasteiger partial charge in [-0.25, -0.2) is 0 Å². The van der Waals surface area contributed by atoms with Crippen molar-refractivity contribution in [2.75, 3.05) is 7.11 Å². The fourth-order valence-corrected chi connectivity index (χ4v) is 2.49. The lowest BCUT2D eigenvalue weighted by atomic mass is 10.1. The summed E-state index contributed by atoms with van der Waals surface area (Å²) < 4.78 is 6.33. The lowest BCUT2D eigenvalue weighted by molar-refractivity contribution is 0.0722. The molecule has 0 aliphatic heterocycles. The molecule has 1 saturated carbocycles. The number of halogens is 1. The Bertz CT molecular complexity index is 391. The quantitative estimate of drug-likeness (QED) is 0.932. The summed E-state index contributed by atoms with van der Waals surface area (Å²) >= 11 is 3.35. The van der Waals surface area contributed by atoms with Crippen molar-refractivity contribution < 1.29 is 9.53 Å². The van der Waals surface area contributed by atoms with Gasteiger partial charge < -0.3 is 10.1 Å². The molecule has 1 aliphatic rings. The fraction of sp³-hybridized carbons (Fsp3) is 0.462. The van der Waals surface area contributed by atoms with Crippen molar-refractivity contribution in [3.05, 3.63) is 34.3 Å². The molecule has 0 aromatic heterocycles. The molecule has 2 unspecified atom stereocenters. The third-order valence-corrected chi connectivity index (χ3v) is 3.71. The van der Waals surface area contributed by atoms with Crippen molar-refractivity contribution in [1.29, 1.82) is 0 Å². The van der Waals surface area contributed by atoms with Crippen LogP contribution in [0.2, 0.25) is 0 Å². The topological polar surface area (TPSA) is 38.3 Å². The zero-order valence-corrected chi connectivity index (χ0v) is 11.4. The van der Waals surface area contributed by atoms with E-state index in [9.17, 15) is 4.79 Å². The Hall–Kier alpha value is -0.870. The van der Waals surface area contributed by atoms with Crippen LogP contribution in [0.25, 0.3) is 0 Å². The normalized spacial score (nSPS) is 23.6. The van der Waals surface area contributed by atoms with E-state index in [-0.39, 0.29) is 18.1 Å². The highest BCUT2D eigenvalue weighted by Crippen LogP contribution is 2.22. The summed E-state index contributed by atoms with van der Waals surface area (Å²) in [7, 11) is 1.70. The van der Waals surface area contributed by atoms with Crippen molar-refractivity contribution in [1.82, 2.24) is 5.32 Å². The number of carbonyl (C=O) groups is 1. The van der Waals surface area contributed by atoms with Gasteiger partial charge in [0.05, 0.1) is 12.1 Å². The van der Waals surface area contributed by atoms with Crippen molar-refractivity contribution in [3.8, 4) is 0 Å². The summed E-state index contributed by atoms with van der Waals surface area (Å²) in [6.45, 7) is 0. The van der Waals surface area contributed by atoms with E-state index in [1.807, 2.05) is 24.3 Å². The first-order chi connectivity index (χ1) is 8.20. The smallest absolute Gasteiger partial charge is 0.251 e. The van der Waals surface area contributed by atoms with Crippen LogP contribution in [-0.2, 0) is 4.74 Å². The zero-order chi connectivity index (χ0) is 12.3. The number of carbonyl (C=O) groups excluding carboxylic acids is 1. The number of methoxy groups -OCH3 is 1. The van der Waals surface area contributed by atoms with Gasteiger partial charge in [0.2, 0.25) is 0 Å². The number of hydrogen-bond donors (Lipinski definition) is 1. The molecule has 0 saturated heterocycles. The minimum Gasteiger partial charge on any atom is -0.379 e. The predicted octanol–water partition coefficient (Wildman–Crippen LogP) is 2.75. The van der Waals surface area contributed by atoms with E-state index in [1.54, 1.807) is 7.11 Å². The second-order valence-electron chi connectivity index (χ2n) is 4.29. The average molecular weight is 298 g/mol. The lowest BCUT2D eigenvalue weighted by Crippen LogP contribution is -2.40. The van der Waals surface area contributed by atoms with Crippen molar-refractivity contribution in [2.45, 2.75) is 31.4 Å². The van der Waals surface area contributed by atoms with Gasteiger partial charge in [0.1, 0.15) is 0 Å². The van der Waals surface area contributed by atoms with Gasteiger partial charge in [-0.05, 0) is 43.5 Å². The molecule has 17 heavy (non-hydrogen) atoms. The monoisotopic (exact) mass is 297 g/mol. The number of amides is 1. The highest BCUT2D eigenvalue weighted by atomic mass is 79.9. The number of hydrogen-bond acceptors (Lipinski definition) is 2. The second kappa shape index (κ2) is 5.65. The predicted molar refractivity (Wildman–Crippen MR) is 70.0 cm³/mol. The summed E-state index contributed by atoms with van der Waals surface area (Å²) in [6, 6.07) is 7.53. The molecule has 3 nitrogen and oxygen atoms in total. The molecular weight excluding hydrogens is 282 g/mol. The third kappa shape index (κ3) is 3.07. The van der Waals surface area contributed by atoms with Crippen LogP contribution < -0.4 is 5.32 Å². The van der Waals surface area contributed by atoms with Crippen molar-refractivity contribution in [3.63, 3.8) is 0 Å². The molecule has 2 rings (SSSR count). The largest absolute Gasteiger partial charge is 0.379 e. The number of nitrogens with one attached hydrogen (secondary N) is 1. The van der Waals surface area contributed by atoms with E-state index >= 15 is 0 Å². The van der Waals surface area contributed by atoms with Crippen LogP contribution in [0.4, 0.5) is 0 Å². The highest BCUT2D eigenvalue weighted by Gasteiger charge is 2.28. The molecule has 1 N–H and O–H groups in total. The molecule has 4 heteroatoms. The fourth-order valence-electron chi connectivity index (χ4n) is 2.23. The van der Waals surface area contributed by atoms with Gasteiger partial charge in [0.25, 0.3) is 5.91 Å². The zero-order valence-electron chi connectivity index (χ0n) is 9.78. The molecule has 0 radical (unpaired) electrons. The molecule has 0 spiro atoms. The van der Waals surface area contributed by atoms with Crippen molar-refractivity contribution >= 4 is 21.8 Å². The third-order valence-electron chi connectivity index (χ3n) is 3.18. The molecule has 1 aliphatic carbocycles. The average Bonchev–Trinajstić information content (AvgIpc) is 2.77. The van der Waals surface area contributed by atoms with Gasteiger partial charge in [0.15, 0.2) is 0 Å².